The zero-order valence-electron chi connectivity index (χ0n) is 59.1. The van der Waals surface area contributed by atoms with Gasteiger partial charge in [0.25, 0.3) is 0 Å². The van der Waals surface area contributed by atoms with E-state index >= 15 is 0 Å². The van der Waals surface area contributed by atoms with Crippen molar-refractivity contribution >= 4 is 5.97 Å². The number of hydrogen-bond donors (Lipinski definition) is 2. The average Bonchev–Trinajstić information content (AvgIpc) is 3.51. The van der Waals surface area contributed by atoms with Crippen molar-refractivity contribution in [3.8, 4) is 0 Å². The molecule has 5 nitrogen and oxygen atoms in total. The lowest BCUT2D eigenvalue weighted by Crippen LogP contribution is -2.53. The van der Waals surface area contributed by atoms with E-state index in [1.165, 1.54) is 372 Å². The van der Waals surface area contributed by atoms with Gasteiger partial charge < -0.3 is 19.7 Å². The van der Waals surface area contributed by atoms with Gasteiger partial charge in [0.1, 0.15) is 6.10 Å². The first-order valence-electron chi connectivity index (χ1n) is 39.6. The second-order valence-corrected chi connectivity index (χ2v) is 27.3. The van der Waals surface area contributed by atoms with Crippen LogP contribution < -0.4 is 0 Å². The Morgan fingerprint density at radius 3 is 0.738 bits per heavy atom. The highest BCUT2D eigenvalue weighted by atomic mass is 16.7. The summed E-state index contributed by atoms with van der Waals surface area (Å²) in [6.45, 7) is 15.2. The molecule has 0 bridgehead atoms. The van der Waals surface area contributed by atoms with Crippen LogP contribution in [0.3, 0.4) is 0 Å². The summed E-state index contributed by atoms with van der Waals surface area (Å²) in [6.07, 6.45) is 87.9. The molecule has 3 unspecified atom stereocenters. The molecule has 0 rings (SSSR count). The predicted octanol–water partition coefficient (Wildman–Crippen LogP) is 28.0. The van der Waals surface area contributed by atoms with E-state index in [0.29, 0.717) is 13.0 Å². The highest BCUT2D eigenvalue weighted by molar-refractivity contribution is 5.66. The van der Waals surface area contributed by atoms with E-state index in [0.717, 1.165) is 58.0 Å². The fourth-order valence-corrected chi connectivity index (χ4v) is 12.9. The average molecular weight is 1190 g/mol. The largest absolute Gasteiger partial charge is 0.481 e. The number of carboxylic acids is 1. The first-order chi connectivity index (χ1) is 41.4. The minimum absolute atomic E-state index is 0.159. The minimum Gasteiger partial charge on any atom is -0.481 e. The van der Waals surface area contributed by atoms with Crippen molar-refractivity contribution in [1.82, 2.24) is 0 Å². The summed E-state index contributed by atoms with van der Waals surface area (Å²) in [7, 11) is 0. The topological polar surface area (TPSA) is 76.0 Å². The SMILES string of the molecule is CCCCCCCCCCCCCCCCCC(=O)O.CCCCCCCCCCCCCCCCCCOC(CCCCCCCCCC)C(O)(OCCCCC)C(CCCCCCC)CCCCCCCCCCCCCCCCCC. The number of carbonyl (C=O) groups is 1. The molecule has 506 valence electrons. The Balaban J connectivity index is 0. The molecule has 0 radical (unpaired) electrons. The first kappa shape index (κ1) is 85.4. The minimum atomic E-state index is -1.18. The number of unbranched alkanes of at least 4 members (excludes halogenated alkanes) is 57. The van der Waals surface area contributed by atoms with E-state index in [9.17, 15) is 9.90 Å². The molecule has 0 aliphatic rings. The van der Waals surface area contributed by atoms with Crippen LogP contribution in [0, 0.1) is 5.92 Å². The van der Waals surface area contributed by atoms with Crippen molar-refractivity contribution in [2.45, 2.75) is 484 Å². The smallest absolute Gasteiger partial charge is 0.303 e. The van der Waals surface area contributed by atoms with Crippen molar-refractivity contribution in [2.24, 2.45) is 5.92 Å². The van der Waals surface area contributed by atoms with Crippen LogP contribution in [0.2, 0.25) is 0 Å². The summed E-state index contributed by atoms with van der Waals surface area (Å²) in [6, 6.07) is 0. The molecule has 0 heterocycles. The maximum absolute atomic E-state index is 13.0. The lowest BCUT2D eigenvalue weighted by molar-refractivity contribution is -0.299. The summed E-state index contributed by atoms with van der Waals surface area (Å²) >= 11 is 0. The summed E-state index contributed by atoms with van der Waals surface area (Å²) in [5.74, 6) is -1.67. The van der Waals surface area contributed by atoms with E-state index in [4.69, 9.17) is 14.6 Å². The molecule has 0 aromatic heterocycles. The maximum Gasteiger partial charge on any atom is 0.303 e. The molecule has 0 saturated carbocycles. The molecule has 0 aliphatic heterocycles. The van der Waals surface area contributed by atoms with Crippen molar-refractivity contribution < 1.29 is 24.5 Å². The van der Waals surface area contributed by atoms with Crippen molar-refractivity contribution in [3.05, 3.63) is 0 Å². The Kier molecular flexibility index (Phi) is 76.1. The molecular weight excluding hydrogens is 1030 g/mol. The lowest BCUT2D eigenvalue weighted by atomic mass is 9.82. The van der Waals surface area contributed by atoms with Crippen LogP contribution >= 0.6 is 0 Å². The van der Waals surface area contributed by atoms with Crippen molar-refractivity contribution in [1.29, 1.82) is 0 Å². The normalized spacial score (nSPS) is 13.1. The molecule has 0 aromatic carbocycles. The van der Waals surface area contributed by atoms with Gasteiger partial charge >= 0.3 is 5.97 Å². The predicted molar refractivity (Wildman–Crippen MR) is 375 cm³/mol. The molecule has 2 N–H and O–H groups in total. The van der Waals surface area contributed by atoms with Crippen LogP contribution in [0.5, 0.6) is 0 Å². The molecule has 84 heavy (non-hydrogen) atoms. The standard InChI is InChI=1S/C61H124O3.C18H36O2/c1-6-11-16-20-23-26-28-30-32-34-36-38-40-42-46-50-55-59(54-49-45-19-14-9-4)61(62,64-58-52-15-10-5)60(56-51-47-43-25-22-18-13-8-3)63-57-53-48-44-41-39-37-35-33-31-29-27-24-21-17-12-7-2;1-2-3-4-5-6-7-8-9-10-11-12-13-14-15-16-17-18(19)20/h59-60,62H,6-58H2,1-5H3;2-17H2,1H3,(H,19,20). The number of aliphatic carboxylic acids is 1. The zero-order valence-corrected chi connectivity index (χ0v) is 59.1. The molecule has 0 fully saturated rings. The number of aliphatic hydroxyl groups is 1. The lowest BCUT2D eigenvalue weighted by Gasteiger charge is -2.42. The van der Waals surface area contributed by atoms with Crippen molar-refractivity contribution in [3.63, 3.8) is 0 Å². The monoisotopic (exact) mass is 1190 g/mol. The Bertz CT molecular complexity index is 1180. The van der Waals surface area contributed by atoms with Crippen LogP contribution in [0.25, 0.3) is 0 Å². The third kappa shape index (κ3) is 65.8. The van der Waals surface area contributed by atoms with Gasteiger partial charge in [-0.15, -0.1) is 0 Å². The van der Waals surface area contributed by atoms with Gasteiger partial charge in [-0.2, -0.15) is 0 Å². The van der Waals surface area contributed by atoms with Crippen LogP contribution in [-0.2, 0) is 14.3 Å². The Hall–Kier alpha value is -0.650. The first-order valence-corrected chi connectivity index (χ1v) is 39.6. The second-order valence-electron chi connectivity index (χ2n) is 27.3. The van der Waals surface area contributed by atoms with Gasteiger partial charge in [0.15, 0.2) is 5.79 Å². The van der Waals surface area contributed by atoms with Gasteiger partial charge in [0.05, 0.1) is 6.61 Å². The number of rotatable bonds is 73. The molecule has 0 spiro atoms. The summed E-state index contributed by atoms with van der Waals surface area (Å²) in [5, 5.41) is 21.6. The van der Waals surface area contributed by atoms with Crippen LogP contribution in [0.1, 0.15) is 472 Å². The second kappa shape index (κ2) is 74.8. The van der Waals surface area contributed by atoms with E-state index in [-0.39, 0.29) is 12.0 Å². The molecule has 5 heteroatoms. The van der Waals surface area contributed by atoms with E-state index in [2.05, 4.69) is 41.5 Å². The summed E-state index contributed by atoms with van der Waals surface area (Å²) < 4.78 is 13.8. The van der Waals surface area contributed by atoms with Gasteiger partial charge in [-0.25, -0.2) is 0 Å². The molecule has 0 saturated heterocycles. The Labute approximate surface area is 530 Å². The number of hydrogen-bond acceptors (Lipinski definition) is 4. The number of ether oxygens (including phenoxy) is 2. The fraction of sp³-hybridized carbons (Fsp3) is 0.987. The molecule has 0 amide bonds. The maximum atomic E-state index is 13.0. The zero-order chi connectivity index (χ0) is 61.4. The third-order valence-corrected chi connectivity index (χ3v) is 18.8. The van der Waals surface area contributed by atoms with E-state index < -0.39 is 11.8 Å². The van der Waals surface area contributed by atoms with E-state index in [1.54, 1.807) is 0 Å². The summed E-state index contributed by atoms with van der Waals surface area (Å²) in [4.78, 5) is 10.3. The van der Waals surface area contributed by atoms with Crippen molar-refractivity contribution in [2.75, 3.05) is 13.2 Å². The van der Waals surface area contributed by atoms with Crippen LogP contribution in [0.15, 0.2) is 0 Å². The molecular formula is C79H160O5. The van der Waals surface area contributed by atoms with Gasteiger partial charge in [-0.05, 0) is 38.5 Å². The molecule has 3 atom stereocenters. The van der Waals surface area contributed by atoms with Gasteiger partial charge in [0.2, 0.25) is 0 Å². The van der Waals surface area contributed by atoms with E-state index in [1.807, 2.05) is 0 Å². The van der Waals surface area contributed by atoms with Gasteiger partial charge in [-0.1, -0.05) is 427 Å². The molecule has 0 aliphatic carbocycles. The third-order valence-electron chi connectivity index (χ3n) is 18.8. The Morgan fingerprint density at radius 2 is 0.476 bits per heavy atom. The highest BCUT2D eigenvalue weighted by Crippen LogP contribution is 2.37. The van der Waals surface area contributed by atoms with Crippen LogP contribution in [-0.4, -0.2) is 41.3 Å². The Morgan fingerprint density at radius 1 is 0.274 bits per heavy atom. The highest BCUT2D eigenvalue weighted by Gasteiger charge is 2.45. The summed E-state index contributed by atoms with van der Waals surface area (Å²) in [5.41, 5.74) is 0. The van der Waals surface area contributed by atoms with Crippen LogP contribution in [0.4, 0.5) is 0 Å². The molecule has 0 aromatic rings. The quantitative estimate of drug-likeness (QED) is 0.0469. The number of carboxylic acid groups (broad SMARTS) is 1. The van der Waals surface area contributed by atoms with Gasteiger partial charge in [-0.3, -0.25) is 4.79 Å². The fourth-order valence-electron chi connectivity index (χ4n) is 12.9. The van der Waals surface area contributed by atoms with Gasteiger partial charge in [0, 0.05) is 18.9 Å².